The average molecular weight is 335 g/mol. The van der Waals surface area contributed by atoms with E-state index < -0.39 is 0 Å². The molecule has 106 valence electrons. The standard InChI is InChI=1S/C16H19BrN2O/c1-10-8-12(14(20-3)9-11(10)2)15-13-6-4-5-7-19(13)16(17)18-15/h8-9H,4-7H2,1-3H3. The molecule has 0 spiro atoms. The highest BCUT2D eigenvalue weighted by atomic mass is 79.9. The first-order valence-electron chi connectivity index (χ1n) is 7.02. The number of hydrogen-bond donors (Lipinski definition) is 0. The molecule has 2 heterocycles. The summed E-state index contributed by atoms with van der Waals surface area (Å²) in [5.41, 5.74) is 6.01. The third kappa shape index (κ3) is 2.16. The zero-order chi connectivity index (χ0) is 14.3. The van der Waals surface area contributed by atoms with Crippen LogP contribution in [0.15, 0.2) is 16.9 Å². The number of imidazole rings is 1. The molecule has 2 aromatic rings. The molecule has 0 radical (unpaired) electrons. The molecule has 20 heavy (non-hydrogen) atoms. The quantitative estimate of drug-likeness (QED) is 0.819. The van der Waals surface area contributed by atoms with Crippen LogP contribution in [0.1, 0.15) is 29.7 Å². The third-order valence-electron chi connectivity index (χ3n) is 4.14. The fourth-order valence-corrected chi connectivity index (χ4v) is 3.43. The zero-order valence-corrected chi connectivity index (χ0v) is 13.7. The van der Waals surface area contributed by atoms with E-state index in [4.69, 9.17) is 9.72 Å². The van der Waals surface area contributed by atoms with Gasteiger partial charge in [0.2, 0.25) is 0 Å². The molecule has 0 unspecified atom stereocenters. The number of ether oxygens (including phenoxy) is 1. The number of fused-ring (bicyclic) bond motifs is 1. The number of halogens is 1. The number of benzene rings is 1. The Kier molecular flexibility index (Phi) is 3.59. The number of methoxy groups -OCH3 is 1. The maximum atomic E-state index is 5.57. The van der Waals surface area contributed by atoms with Crippen molar-refractivity contribution in [3.63, 3.8) is 0 Å². The Bertz CT molecular complexity index is 661. The van der Waals surface area contributed by atoms with Crippen molar-refractivity contribution in [2.45, 2.75) is 39.7 Å². The molecule has 1 aromatic heterocycles. The van der Waals surface area contributed by atoms with Gasteiger partial charge in [-0.15, -0.1) is 0 Å². The lowest BCUT2D eigenvalue weighted by Crippen LogP contribution is -2.10. The van der Waals surface area contributed by atoms with Gasteiger partial charge in [-0.1, -0.05) is 0 Å². The van der Waals surface area contributed by atoms with Gasteiger partial charge in [-0.05, 0) is 72.3 Å². The highest BCUT2D eigenvalue weighted by Gasteiger charge is 2.22. The Morgan fingerprint density at radius 3 is 2.70 bits per heavy atom. The van der Waals surface area contributed by atoms with Gasteiger partial charge in [0, 0.05) is 17.8 Å². The van der Waals surface area contributed by atoms with Crippen LogP contribution < -0.4 is 4.74 Å². The maximum absolute atomic E-state index is 5.57. The minimum Gasteiger partial charge on any atom is -0.496 e. The van der Waals surface area contributed by atoms with Crippen LogP contribution in [0.2, 0.25) is 0 Å². The van der Waals surface area contributed by atoms with Crippen molar-refractivity contribution in [2.24, 2.45) is 0 Å². The lowest BCUT2D eigenvalue weighted by Gasteiger charge is -2.17. The van der Waals surface area contributed by atoms with Crippen molar-refractivity contribution in [3.8, 4) is 17.0 Å². The van der Waals surface area contributed by atoms with E-state index in [-0.39, 0.29) is 0 Å². The van der Waals surface area contributed by atoms with E-state index in [1.165, 1.54) is 29.7 Å². The second kappa shape index (κ2) is 5.24. The van der Waals surface area contributed by atoms with E-state index in [0.717, 1.165) is 34.7 Å². The van der Waals surface area contributed by atoms with Crippen LogP contribution in [0.4, 0.5) is 0 Å². The van der Waals surface area contributed by atoms with Crippen molar-refractivity contribution < 1.29 is 4.74 Å². The monoisotopic (exact) mass is 334 g/mol. The Morgan fingerprint density at radius 1 is 1.20 bits per heavy atom. The SMILES string of the molecule is COc1cc(C)c(C)cc1-c1nc(Br)n2c1CCCC2. The summed E-state index contributed by atoms with van der Waals surface area (Å²) in [6.45, 7) is 5.30. The number of nitrogens with zero attached hydrogens (tertiary/aromatic N) is 2. The molecule has 0 fully saturated rings. The second-order valence-electron chi connectivity index (χ2n) is 5.42. The molecule has 3 nitrogen and oxygen atoms in total. The molecule has 3 rings (SSSR count). The summed E-state index contributed by atoms with van der Waals surface area (Å²) in [6, 6.07) is 4.30. The van der Waals surface area contributed by atoms with Crippen molar-refractivity contribution in [2.75, 3.05) is 7.11 Å². The normalized spacial score (nSPS) is 14.2. The number of aromatic nitrogens is 2. The minimum absolute atomic E-state index is 0.909. The second-order valence-corrected chi connectivity index (χ2v) is 6.13. The Balaban J connectivity index is 2.21. The first-order valence-corrected chi connectivity index (χ1v) is 7.81. The highest BCUT2D eigenvalue weighted by molar-refractivity contribution is 9.10. The molecular formula is C16H19BrN2O. The number of hydrogen-bond acceptors (Lipinski definition) is 2. The van der Waals surface area contributed by atoms with E-state index in [1.54, 1.807) is 7.11 Å². The van der Waals surface area contributed by atoms with E-state index >= 15 is 0 Å². The fourth-order valence-electron chi connectivity index (χ4n) is 2.86. The van der Waals surface area contributed by atoms with Crippen molar-refractivity contribution in [3.05, 3.63) is 33.7 Å². The van der Waals surface area contributed by atoms with Crippen LogP contribution >= 0.6 is 15.9 Å². The van der Waals surface area contributed by atoms with Gasteiger partial charge >= 0.3 is 0 Å². The Morgan fingerprint density at radius 2 is 1.95 bits per heavy atom. The smallest absolute Gasteiger partial charge is 0.177 e. The molecule has 1 aliphatic rings. The Hall–Kier alpha value is -1.29. The van der Waals surface area contributed by atoms with Crippen LogP contribution in [-0.4, -0.2) is 16.7 Å². The molecule has 0 atom stereocenters. The van der Waals surface area contributed by atoms with Gasteiger partial charge in [0.1, 0.15) is 5.75 Å². The largest absolute Gasteiger partial charge is 0.496 e. The van der Waals surface area contributed by atoms with Gasteiger partial charge in [-0.2, -0.15) is 0 Å². The molecule has 0 N–H and O–H groups in total. The fraction of sp³-hybridized carbons (Fsp3) is 0.438. The van der Waals surface area contributed by atoms with Crippen LogP contribution in [0.3, 0.4) is 0 Å². The number of aryl methyl sites for hydroxylation is 2. The molecule has 0 saturated heterocycles. The predicted octanol–water partition coefficient (Wildman–Crippen LogP) is 4.27. The van der Waals surface area contributed by atoms with E-state index in [2.05, 4.69) is 46.5 Å². The summed E-state index contributed by atoms with van der Waals surface area (Å²) in [5.74, 6) is 0.909. The zero-order valence-electron chi connectivity index (χ0n) is 12.2. The van der Waals surface area contributed by atoms with Crippen molar-refractivity contribution in [1.29, 1.82) is 0 Å². The summed E-state index contributed by atoms with van der Waals surface area (Å²) in [7, 11) is 1.73. The third-order valence-corrected chi connectivity index (χ3v) is 4.75. The molecule has 0 amide bonds. The van der Waals surface area contributed by atoms with Crippen LogP contribution in [0, 0.1) is 13.8 Å². The number of rotatable bonds is 2. The summed E-state index contributed by atoms with van der Waals surface area (Å²) < 4.78 is 8.79. The van der Waals surface area contributed by atoms with E-state index in [1.807, 2.05) is 0 Å². The molecule has 4 heteroatoms. The summed E-state index contributed by atoms with van der Waals surface area (Å²) in [5, 5.41) is 0. The molecule has 0 saturated carbocycles. The molecule has 0 bridgehead atoms. The molecular weight excluding hydrogens is 316 g/mol. The predicted molar refractivity (Wildman–Crippen MR) is 84.3 cm³/mol. The lowest BCUT2D eigenvalue weighted by atomic mass is 9.99. The first kappa shape index (κ1) is 13.7. The summed E-state index contributed by atoms with van der Waals surface area (Å²) in [6.07, 6.45) is 3.55. The highest BCUT2D eigenvalue weighted by Crippen LogP contribution is 2.37. The van der Waals surface area contributed by atoms with E-state index in [0.29, 0.717) is 0 Å². The van der Waals surface area contributed by atoms with Gasteiger partial charge in [0.25, 0.3) is 0 Å². The summed E-state index contributed by atoms with van der Waals surface area (Å²) in [4.78, 5) is 4.74. The topological polar surface area (TPSA) is 27.1 Å². The van der Waals surface area contributed by atoms with Gasteiger partial charge in [-0.3, -0.25) is 0 Å². The van der Waals surface area contributed by atoms with Crippen molar-refractivity contribution >= 4 is 15.9 Å². The van der Waals surface area contributed by atoms with Crippen LogP contribution in [0.25, 0.3) is 11.3 Å². The van der Waals surface area contributed by atoms with Gasteiger partial charge in [-0.25, -0.2) is 4.98 Å². The summed E-state index contributed by atoms with van der Waals surface area (Å²) >= 11 is 3.59. The van der Waals surface area contributed by atoms with Crippen LogP contribution in [-0.2, 0) is 13.0 Å². The molecule has 1 aliphatic heterocycles. The lowest BCUT2D eigenvalue weighted by molar-refractivity contribution is 0.415. The van der Waals surface area contributed by atoms with Crippen molar-refractivity contribution in [1.82, 2.24) is 9.55 Å². The Labute approximate surface area is 128 Å². The van der Waals surface area contributed by atoms with Gasteiger partial charge < -0.3 is 9.30 Å². The van der Waals surface area contributed by atoms with E-state index in [9.17, 15) is 0 Å². The average Bonchev–Trinajstić information content (AvgIpc) is 2.79. The maximum Gasteiger partial charge on any atom is 0.177 e. The van der Waals surface area contributed by atoms with Gasteiger partial charge in [0.15, 0.2) is 4.73 Å². The van der Waals surface area contributed by atoms with Crippen LogP contribution in [0.5, 0.6) is 5.75 Å². The molecule has 0 aliphatic carbocycles. The minimum atomic E-state index is 0.909. The molecule has 1 aromatic carbocycles. The van der Waals surface area contributed by atoms with Gasteiger partial charge in [0.05, 0.1) is 12.8 Å². The first-order chi connectivity index (χ1) is 9.61.